The Bertz CT molecular complexity index is 907. The van der Waals surface area contributed by atoms with E-state index in [1.807, 2.05) is 0 Å². The minimum absolute atomic E-state index is 0.0953. The Morgan fingerprint density at radius 3 is 2.90 bits per heavy atom. The van der Waals surface area contributed by atoms with E-state index < -0.39 is 18.0 Å². The minimum Gasteiger partial charge on any atom is -0.458 e. The van der Waals surface area contributed by atoms with Gasteiger partial charge in [0, 0.05) is 12.7 Å². The maximum absolute atomic E-state index is 12.8. The minimum atomic E-state index is -4.57. The molecule has 29 heavy (non-hydrogen) atoms. The molecular formula is C19H18F3N3O4. The molecule has 1 unspecified atom stereocenters. The van der Waals surface area contributed by atoms with E-state index in [1.165, 1.54) is 0 Å². The van der Waals surface area contributed by atoms with Gasteiger partial charge in [-0.05, 0) is 36.6 Å². The number of carbonyl (C=O) groups is 1. The number of hydrogen-bond acceptors (Lipinski definition) is 6. The summed E-state index contributed by atoms with van der Waals surface area (Å²) in [5.74, 6) is 1.16. The molecule has 3 heterocycles. The third-order valence-electron chi connectivity index (χ3n) is 4.72. The van der Waals surface area contributed by atoms with Gasteiger partial charge in [0.05, 0.1) is 13.0 Å². The number of halogens is 3. The van der Waals surface area contributed by atoms with E-state index >= 15 is 0 Å². The molecule has 2 aromatic rings. The van der Waals surface area contributed by atoms with Crippen molar-refractivity contribution in [3.05, 3.63) is 41.7 Å². The molecule has 1 amide bonds. The summed E-state index contributed by atoms with van der Waals surface area (Å²) >= 11 is 0. The van der Waals surface area contributed by atoms with Crippen LogP contribution >= 0.6 is 0 Å². The summed E-state index contributed by atoms with van der Waals surface area (Å²) in [4.78, 5) is 21.5. The molecule has 10 heteroatoms. The van der Waals surface area contributed by atoms with E-state index in [1.54, 1.807) is 23.1 Å². The van der Waals surface area contributed by atoms with Gasteiger partial charge in [-0.25, -0.2) is 4.98 Å². The summed E-state index contributed by atoms with van der Waals surface area (Å²) in [6, 6.07) is 5.79. The Labute approximate surface area is 164 Å². The second-order valence-corrected chi connectivity index (χ2v) is 6.81. The lowest BCUT2D eigenvalue weighted by Gasteiger charge is -2.32. The molecule has 1 fully saturated rings. The lowest BCUT2D eigenvalue weighted by atomic mass is 10.1. The largest absolute Gasteiger partial charge is 0.458 e. The van der Waals surface area contributed by atoms with Crippen LogP contribution in [0.4, 0.5) is 13.2 Å². The van der Waals surface area contributed by atoms with E-state index in [0.717, 1.165) is 17.8 Å². The molecule has 0 aliphatic carbocycles. The van der Waals surface area contributed by atoms with Gasteiger partial charge in [-0.2, -0.15) is 18.2 Å². The highest BCUT2D eigenvalue weighted by molar-refractivity contribution is 5.79. The van der Waals surface area contributed by atoms with Crippen LogP contribution in [0.5, 0.6) is 17.5 Å². The molecular weight excluding hydrogens is 391 g/mol. The van der Waals surface area contributed by atoms with Gasteiger partial charge in [0.25, 0.3) is 0 Å². The number of alkyl halides is 3. The zero-order valence-electron chi connectivity index (χ0n) is 15.3. The number of rotatable bonds is 4. The van der Waals surface area contributed by atoms with Crippen molar-refractivity contribution in [1.29, 1.82) is 0 Å². The molecule has 0 saturated carbocycles. The van der Waals surface area contributed by atoms with Crippen molar-refractivity contribution in [1.82, 2.24) is 14.9 Å². The number of benzene rings is 1. The maximum Gasteiger partial charge on any atom is 0.433 e. The van der Waals surface area contributed by atoms with Gasteiger partial charge in [-0.1, -0.05) is 6.07 Å². The van der Waals surface area contributed by atoms with Gasteiger partial charge in [0.15, 0.2) is 17.2 Å². The fourth-order valence-corrected chi connectivity index (χ4v) is 3.30. The van der Waals surface area contributed by atoms with E-state index in [0.29, 0.717) is 30.9 Å². The Morgan fingerprint density at radius 1 is 1.24 bits per heavy atom. The van der Waals surface area contributed by atoms with Crippen molar-refractivity contribution in [3.8, 4) is 17.5 Å². The highest BCUT2D eigenvalue weighted by atomic mass is 19.4. The van der Waals surface area contributed by atoms with Crippen LogP contribution in [-0.4, -0.2) is 46.8 Å². The molecule has 1 aromatic heterocycles. The molecule has 2 aliphatic rings. The Balaban J connectivity index is 1.37. The number of aromatic nitrogens is 2. The molecule has 0 radical (unpaired) electrons. The van der Waals surface area contributed by atoms with Crippen molar-refractivity contribution < 1.29 is 32.2 Å². The first kappa shape index (κ1) is 19.3. The zero-order valence-corrected chi connectivity index (χ0v) is 15.3. The highest BCUT2D eigenvalue weighted by Crippen LogP contribution is 2.33. The van der Waals surface area contributed by atoms with Gasteiger partial charge in [0.2, 0.25) is 12.7 Å². The lowest BCUT2D eigenvalue weighted by Crippen LogP contribution is -2.45. The third kappa shape index (κ3) is 4.52. The second kappa shape index (κ2) is 7.76. The van der Waals surface area contributed by atoms with Crippen LogP contribution in [-0.2, 0) is 17.4 Å². The standard InChI is InChI=1S/C19H18F3N3O4/c20-19(21,22)16-5-6-23-18(24-16)29-13-2-1-7-25(10-13)17(26)9-12-3-4-14-15(8-12)28-11-27-14/h3-6,8,13H,1-2,7,9-11H2. The van der Waals surface area contributed by atoms with E-state index in [-0.39, 0.29) is 31.7 Å². The first-order valence-electron chi connectivity index (χ1n) is 9.12. The molecule has 2 aliphatic heterocycles. The van der Waals surface area contributed by atoms with Crippen LogP contribution in [0.15, 0.2) is 30.5 Å². The van der Waals surface area contributed by atoms with Crippen molar-refractivity contribution in [2.24, 2.45) is 0 Å². The number of nitrogens with zero attached hydrogens (tertiary/aromatic N) is 3. The normalized spacial score (nSPS) is 18.6. The van der Waals surface area contributed by atoms with Gasteiger partial charge in [0.1, 0.15) is 6.10 Å². The Morgan fingerprint density at radius 2 is 2.07 bits per heavy atom. The molecule has 1 aromatic carbocycles. The van der Waals surface area contributed by atoms with Crippen molar-refractivity contribution in [2.45, 2.75) is 31.5 Å². The van der Waals surface area contributed by atoms with Gasteiger partial charge in [-0.3, -0.25) is 4.79 Å². The van der Waals surface area contributed by atoms with Gasteiger partial charge < -0.3 is 19.1 Å². The quantitative estimate of drug-likeness (QED) is 0.773. The molecule has 0 spiro atoms. The van der Waals surface area contributed by atoms with Crippen LogP contribution in [0.1, 0.15) is 24.1 Å². The monoisotopic (exact) mass is 409 g/mol. The number of hydrogen-bond donors (Lipinski definition) is 0. The van der Waals surface area contributed by atoms with Crippen molar-refractivity contribution >= 4 is 5.91 Å². The summed E-state index contributed by atoms with van der Waals surface area (Å²) in [6.45, 7) is 0.991. The second-order valence-electron chi connectivity index (χ2n) is 6.81. The molecule has 1 atom stereocenters. The van der Waals surface area contributed by atoms with Crippen LogP contribution < -0.4 is 14.2 Å². The van der Waals surface area contributed by atoms with E-state index in [2.05, 4.69) is 9.97 Å². The summed E-state index contributed by atoms with van der Waals surface area (Å²) in [6.07, 6.45) is -2.56. The van der Waals surface area contributed by atoms with Crippen LogP contribution in [0.2, 0.25) is 0 Å². The van der Waals surface area contributed by atoms with Crippen molar-refractivity contribution in [2.75, 3.05) is 19.9 Å². The van der Waals surface area contributed by atoms with E-state index in [9.17, 15) is 18.0 Å². The number of piperidine rings is 1. The number of amides is 1. The number of fused-ring (bicyclic) bond motifs is 1. The average molecular weight is 409 g/mol. The Kier molecular flexibility index (Phi) is 5.16. The first-order chi connectivity index (χ1) is 13.9. The third-order valence-corrected chi connectivity index (χ3v) is 4.72. The SMILES string of the molecule is O=C(Cc1ccc2c(c1)OCO2)N1CCCC(Oc2nccc(C(F)(F)F)n2)C1. The molecule has 1 saturated heterocycles. The van der Waals surface area contributed by atoms with Crippen LogP contribution in [0.25, 0.3) is 0 Å². The van der Waals surface area contributed by atoms with E-state index in [4.69, 9.17) is 14.2 Å². The summed E-state index contributed by atoms with van der Waals surface area (Å²) in [7, 11) is 0. The molecule has 0 bridgehead atoms. The average Bonchev–Trinajstić information content (AvgIpc) is 3.15. The number of carbonyl (C=O) groups excluding carboxylic acids is 1. The van der Waals surface area contributed by atoms with Gasteiger partial charge >= 0.3 is 12.2 Å². The Hall–Kier alpha value is -3.04. The molecule has 0 N–H and O–H groups in total. The maximum atomic E-state index is 12.8. The lowest BCUT2D eigenvalue weighted by molar-refractivity contribution is -0.141. The predicted octanol–water partition coefficient (Wildman–Crippen LogP) is 2.84. The van der Waals surface area contributed by atoms with Crippen LogP contribution in [0, 0.1) is 0 Å². The zero-order chi connectivity index (χ0) is 20.4. The fraction of sp³-hybridized carbons (Fsp3) is 0.421. The van der Waals surface area contributed by atoms with Crippen molar-refractivity contribution in [3.63, 3.8) is 0 Å². The fourth-order valence-electron chi connectivity index (χ4n) is 3.30. The highest BCUT2D eigenvalue weighted by Gasteiger charge is 2.33. The van der Waals surface area contributed by atoms with Gasteiger partial charge in [-0.15, -0.1) is 0 Å². The smallest absolute Gasteiger partial charge is 0.433 e. The predicted molar refractivity (Wildman–Crippen MR) is 93.5 cm³/mol. The molecule has 154 valence electrons. The number of ether oxygens (including phenoxy) is 3. The first-order valence-corrected chi connectivity index (χ1v) is 9.12. The molecule has 4 rings (SSSR count). The summed E-state index contributed by atoms with van der Waals surface area (Å²) < 4.78 is 54.5. The van der Waals surface area contributed by atoms with Crippen LogP contribution in [0.3, 0.4) is 0 Å². The topological polar surface area (TPSA) is 73.8 Å². The summed E-state index contributed by atoms with van der Waals surface area (Å²) in [5, 5.41) is 0. The molecule has 7 nitrogen and oxygen atoms in total. The summed E-state index contributed by atoms with van der Waals surface area (Å²) in [5.41, 5.74) is -0.266. The number of likely N-dealkylation sites (tertiary alicyclic amines) is 1.